The summed E-state index contributed by atoms with van der Waals surface area (Å²) >= 11 is 0. The molecule has 1 rings (SSSR count). The maximum Gasteiger partial charge on any atom is 0.453 e. The molecule has 0 aliphatic rings. The van der Waals surface area contributed by atoms with Crippen LogP contribution < -0.4 is 4.74 Å². The van der Waals surface area contributed by atoms with Crippen LogP contribution in [0.1, 0.15) is 18.4 Å². The van der Waals surface area contributed by atoms with E-state index in [1.807, 2.05) is 0 Å². The van der Waals surface area contributed by atoms with Gasteiger partial charge in [0.1, 0.15) is 5.75 Å². The van der Waals surface area contributed by atoms with Gasteiger partial charge >= 0.3 is 12.1 Å². The summed E-state index contributed by atoms with van der Waals surface area (Å²) < 4.78 is 67.3. The first-order valence-corrected chi connectivity index (χ1v) is 4.78. The zero-order chi connectivity index (χ0) is 13.3. The van der Waals surface area contributed by atoms with Crippen molar-refractivity contribution in [3.8, 4) is 5.75 Å². The second-order valence-electron chi connectivity index (χ2n) is 3.62. The van der Waals surface area contributed by atoms with Gasteiger partial charge in [0.2, 0.25) is 0 Å². The smallest absolute Gasteiger partial charge is 0.453 e. The monoisotopic (exact) mass is 254 g/mol. The average Bonchev–Trinajstić information content (AvgIpc) is 2.26. The predicted octanol–water partition coefficient (Wildman–Crippen LogP) is 4.00. The number of alkyl halides is 5. The molecule has 0 fully saturated rings. The highest BCUT2D eigenvalue weighted by Gasteiger charge is 2.60. The standard InChI is InChI=1S/C11H11F5O/c1-7(10(12,13)11(14,15)16)8-3-5-9(17-2)6-4-8/h3-7H,1-2H3. The van der Waals surface area contributed by atoms with Crippen LogP contribution in [0.5, 0.6) is 5.75 Å². The molecule has 96 valence electrons. The number of hydrogen-bond acceptors (Lipinski definition) is 1. The molecule has 0 saturated heterocycles. The van der Waals surface area contributed by atoms with Gasteiger partial charge in [-0.05, 0) is 17.7 Å². The van der Waals surface area contributed by atoms with Gasteiger partial charge in [-0.1, -0.05) is 19.1 Å². The largest absolute Gasteiger partial charge is 0.497 e. The van der Waals surface area contributed by atoms with Gasteiger partial charge in [-0.15, -0.1) is 0 Å². The highest BCUT2D eigenvalue weighted by molar-refractivity contribution is 5.30. The van der Waals surface area contributed by atoms with Gasteiger partial charge in [-0.25, -0.2) is 0 Å². The molecule has 0 bridgehead atoms. The van der Waals surface area contributed by atoms with Crippen LogP contribution in [0.3, 0.4) is 0 Å². The summed E-state index contributed by atoms with van der Waals surface area (Å²) in [6, 6.07) is 5.09. The Labute approximate surface area is 95.2 Å². The lowest BCUT2D eigenvalue weighted by Crippen LogP contribution is -2.41. The number of ether oxygens (including phenoxy) is 1. The van der Waals surface area contributed by atoms with Crippen molar-refractivity contribution in [2.24, 2.45) is 0 Å². The molecule has 17 heavy (non-hydrogen) atoms. The second kappa shape index (κ2) is 4.50. The van der Waals surface area contributed by atoms with E-state index in [2.05, 4.69) is 0 Å². The lowest BCUT2D eigenvalue weighted by molar-refractivity contribution is -0.289. The summed E-state index contributed by atoms with van der Waals surface area (Å²) in [5.41, 5.74) is -0.0897. The summed E-state index contributed by atoms with van der Waals surface area (Å²) in [6.07, 6.45) is -5.55. The van der Waals surface area contributed by atoms with Crippen molar-refractivity contribution >= 4 is 0 Å². The Bertz CT molecular complexity index is 368. The van der Waals surface area contributed by atoms with Crippen LogP contribution in [-0.2, 0) is 0 Å². The highest BCUT2D eigenvalue weighted by atomic mass is 19.4. The van der Waals surface area contributed by atoms with Gasteiger partial charge in [-0.3, -0.25) is 0 Å². The number of hydrogen-bond donors (Lipinski definition) is 0. The molecule has 0 amide bonds. The van der Waals surface area contributed by atoms with E-state index >= 15 is 0 Å². The lowest BCUT2D eigenvalue weighted by atomic mass is 9.94. The lowest BCUT2D eigenvalue weighted by Gasteiger charge is -2.26. The van der Waals surface area contributed by atoms with Gasteiger partial charge in [0.15, 0.2) is 0 Å². The topological polar surface area (TPSA) is 9.23 Å². The van der Waals surface area contributed by atoms with Gasteiger partial charge in [-0.2, -0.15) is 22.0 Å². The fourth-order valence-electron chi connectivity index (χ4n) is 1.35. The van der Waals surface area contributed by atoms with Crippen molar-refractivity contribution < 1.29 is 26.7 Å². The van der Waals surface area contributed by atoms with Crippen molar-refractivity contribution in [2.75, 3.05) is 7.11 Å². The zero-order valence-corrected chi connectivity index (χ0v) is 9.18. The predicted molar refractivity (Wildman–Crippen MR) is 52.4 cm³/mol. The molecule has 1 aromatic carbocycles. The number of halogens is 5. The van der Waals surface area contributed by atoms with Crippen molar-refractivity contribution in [3.05, 3.63) is 29.8 Å². The third-order valence-electron chi connectivity index (χ3n) is 2.54. The SMILES string of the molecule is COc1ccc(C(C)C(F)(F)C(F)(F)F)cc1. The molecule has 0 heterocycles. The van der Waals surface area contributed by atoms with Gasteiger partial charge in [0, 0.05) is 0 Å². The van der Waals surface area contributed by atoms with Crippen LogP contribution in [0.2, 0.25) is 0 Å². The van der Waals surface area contributed by atoms with E-state index in [0.29, 0.717) is 5.75 Å². The molecular formula is C11H11F5O. The summed E-state index contributed by atoms with van der Waals surface area (Å²) in [5.74, 6) is -6.29. The Morgan fingerprint density at radius 3 is 1.82 bits per heavy atom. The first kappa shape index (κ1) is 13.7. The normalized spacial score (nSPS) is 14.5. The molecule has 0 aromatic heterocycles. The molecule has 6 heteroatoms. The van der Waals surface area contributed by atoms with Gasteiger partial charge in [0.25, 0.3) is 0 Å². The third-order valence-corrected chi connectivity index (χ3v) is 2.54. The Morgan fingerprint density at radius 1 is 1.00 bits per heavy atom. The van der Waals surface area contributed by atoms with Gasteiger partial charge in [0.05, 0.1) is 13.0 Å². The van der Waals surface area contributed by atoms with E-state index in [9.17, 15) is 22.0 Å². The van der Waals surface area contributed by atoms with Crippen LogP contribution in [0.4, 0.5) is 22.0 Å². The van der Waals surface area contributed by atoms with Crippen molar-refractivity contribution in [2.45, 2.75) is 24.9 Å². The van der Waals surface area contributed by atoms with E-state index in [1.54, 1.807) is 0 Å². The number of methoxy groups -OCH3 is 1. The molecule has 1 atom stereocenters. The first-order valence-electron chi connectivity index (χ1n) is 4.78. The van der Waals surface area contributed by atoms with Crippen molar-refractivity contribution in [1.29, 1.82) is 0 Å². The number of benzene rings is 1. The average molecular weight is 254 g/mol. The van der Waals surface area contributed by atoms with Gasteiger partial charge < -0.3 is 4.74 Å². The molecule has 0 aliphatic heterocycles. The van der Waals surface area contributed by atoms with Crippen molar-refractivity contribution in [3.63, 3.8) is 0 Å². The number of rotatable bonds is 3. The summed E-state index contributed by atoms with van der Waals surface area (Å²) in [5, 5.41) is 0. The van der Waals surface area contributed by atoms with Crippen LogP contribution in [-0.4, -0.2) is 19.2 Å². The fourth-order valence-corrected chi connectivity index (χ4v) is 1.35. The van der Waals surface area contributed by atoms with Crippen LogP contribution in [0, 0.1) is 0 Å². The minimum atomic E-state index is -5.55. The van der Waals surface area contributed by atoms with E-state index in [0.717, 1.165) is 6.92 Å². The molecule has 0 aliphatic carbocycles. The molecule has 1 nitrogen and oxygen atoms in total. The molecule has 0 N–H and O–H groups in total. The van der Waals surface area contributed by atoms with Crippen LogP contribution in [0.15, 0.2) is 24.3 Å². The highest BCUT2D eigenvalue weighted by Crippen LogP contribution is 2.45. The molecule has 0 spiro atoms. The quantitative estimate of drug-likeness (QED) is 0.741. The Hall–Kier alpha value is -1.33. The third kappa shape index (κ3) is 2.68. The van der Waals surface area contributed by atoms with E-state index in [4.69, 9.17) is 4.74 Å². The Morgan fingerprint density at radius 2 is 1.47 bits per heavy atom. The minimum absolute atomic E-state index is 0.0897. The first-order chi connectivity index (χ1) is 7.70. The summed E-state index contributed by atoms with van der Waals surface area (Å²) in [7, 11) is 1.38. The molecule has 0 radical (unpaired) electrons. The zero-order valence-electron chi connectivity index (χ0n) is 9.18. The summed E-state index contributed by atoms with van der Waals surface area (Å²) in [4.78, 5) is 0. The van der Waals surface area contributed by atoms with Crippen LogP contribution >= 0.6 is 0 Å². The molecular weight excluding hydrogens is 243 g/mol. The maximum atomic E-state index is 13.0. The Balaban J connectivity index is 2.99. The fraction of sp³-hybridized carbons (Fsp3) is 0.455. The minimum Gasteiger partial charge on any atom is -0.497 e. The van der Waals surface area contributed by atoms with E-state index in [1.165, 1.54) is 31.4 Å². The maximum absolute atomic E-state index is 13.0. The summed E-state index contributed by atoms with van der Waals surface area (Å²) in [6.45, 7) is 0.843. The Kier molecular flexibility index (Phi) is 3.64. The van der Waals surface area contributed by atoms with Crippen molar-refractivity contribution in [1.82, 2.24) is 0 Å². The van der Waals surface area contributed by atoms with Crippen LogP contribution in [0.25, 0.3) is 0 Å². The molecule has 1 unspecified atom stereocenters. The molecule has 1 aromatic rings. The molecule has 0 saturated carbocycles. The second-order valence-corrected chi connectivity index (χ2v) is 3.62. The van der Waals surface area contributed by atoms with E-state index < -0.39 is 18.0 Å². The van der Waals surface area contributed by atoms with E-state index in [-0.39, 0.29) is 5.56 Å².